The first kappa shape index (κ1) is 12.9. The van der Waals surface area contributed by atoms with Gasteiger partial charge in [0.2, 0.25) is 0 Å². The van der Waals surface area contributed by atoms with Gasteiger partial charge in [0.05, 0.1) is 12.2 Å². The topological polar surface area (TPSA) is 47.0 Å². The third kappa shape index (κ3) is 2.67. The zero-order valence-electron chi connectivity index (χ0n) is 10.9. The van der Waals surface area contributed by atoms with Crippen LogP contribution in [0.25, 0.3) is 0 Å². The lowest BCUT2D eigenvalue weighted by Crippen LogP contribution is -2.14. The van der Waals surface area contributed by atoms with Crippen molar-refractivity contribution in [1.29, 1.82) is 0 Å². The van der Waals surface area contributed by atoms with E-state index in [1.165, 1.54) is 0 Å². The summed E-state index contributed by atoms with van der Waals surface area (Å²) in [6, 6.07) is 0. The molecule has 0 amide bonds. The molecule has 4 nitrogen and oxygen atoms in total. The van der Waals surface area contributed by atoms with Gasteiger partial charge in [-0.1, -0.05) is 25.2 Å². The molecule has 0 aliphatic carbocycles. The molecule has 5 heteroatoms. The number of rotatable bonds is 4. The predicted molar refractivity (Wildman–Crippen MR) is 69.2 cm³/mol. The summed E-state index contributed by atoms with van der Waals surface area (Å²) in [6.07, 6.45) is 0.566. The van der Waals surface area contributed by atoms with Gasteiger partial charge in [0.15, 0.2) is 0 Å². The van der Waals surface area contributed by atoms with Crippen molar-refractivity contribution in [3.05, 3.63) is 10.0 Å². The fraction of sp³-hybridized carbons (Fsp3) is 0.833. The van der Waals surface area contributed by atoms with Crippen molar-refractivity contribution in [2.24, 2.45) is 5.92 Å². The molecule has 0 bridgehead atoms. The maximum absolute atomic E-state index is 5.85. The lowest BCUT2D eigenvalue weighted by atomic mass is 9.90. The summed E-state index contributed by atoms with van der Waals surface area (Å²) >= 11 is 1.71. The number of nitrogens with zero attached hydrogens (tertiary/aromatic N) is 2. The fourth-order valence-electron chi connectivity index (χ4n) is 2.40. The highest BCUT2D eigenvalue weighted by atomic mass is 32.1. The summed E-state index contributed by atoms with van der Waals surface area (Å²) in [6.45, 7) is 10.4. The van der Waals surface area contributed by atoms with Gasteiger partial charge < -0.3 is 10.1 Å². The highest BCUT2D eigenvalue weighted by Gasteiger charge is 2.39. The Balaban J connectivity index is 2.09. The molecule has 1 fully saturated rings. The highest BCUT2D eigenvalue weighted by molar-refractivity contribution is 7.11. The largest absolute Gasteiger partial charge is 0.375 e. The molecule has 4 unspecified atom stereocenters. The molecular weight excluding hydrogens is 234 g/mol. The minimum absolute atomic E-state index is 0.250. The average Bonchev–Trinajstić information content (AvgIpc) is 2.83. The van der Waals surface area contributed by atoms with Crippen LogP contribution in [0.5, 0.6) is 0 Å². The Labute approximate surface area is 107 Å². The van der Waals surface area contributed by atoms with E-state index in [1.807, 2.05) is 0 Å². The summed E-state index contributed by atoms with van der Waals surface area (Å²) in [5.41, 5.74) is 0. The summed E-state index contributed by atoms with van der Waals surface area (Å²) < 4.78 is 5.85. The molecule has 2 heterocycles. The first-order valence-corrected chi connectivity index (χ1v) is 7.13. The molecule has 1 aliphatic heterocycles. The van der Waals surface area contributed by atoms with Crippen LogP contribution in [0.15, 0.2) is 0 Å². The van der Waals surface area contributed by atoms with Crippen LogP contribution in [-0.4, -0.2) is 29.0 Å². The molecule has 1 aromatic rings. The normalized spacial score (nSPS) is 33.2. The molecule has 17 heavy (non-hydrogen) atoms. The van der Waals surface area contributed by atoms with E-state index in [4.69, 9.17) is 4.74 Å². The molecule has 2 rings (SSSR count). The van der Waals surface area contributed by atoms with E-state index in [9.17, 15) is 0 Å². The Morgan fingerprint density at radius 2 is 2.00 bits per heavy atom. The van der Waals surface area contributed by atoms with Crippen LogP contribution in [0.3, 0.4) is 0 Å². The second kappa shape index (κ2) is 5.42. The lowest BCUT2D eigenvalue weighted by Gasteiger charge is -2.14. The second-order valence-corrected chi connectivity index (χ2v) is 5.84. The van der Waals surface area contributed by atoms with E-state index < -0.39 is 0 Å². The monoisotopic (exact) mass is 255 g/mol. The third-order valence-electron chi connectivity index (χ3n) is 3.54. The Hall–Kier alpha value is -0.520. The summed E-state index contributed by atoms with van der Waals surface area (Å²) in [5, 5.41) is 14.1. The van der Waals surface area contributed by atoms with E-state index >= 15 is 0 Å². The average molecular weight is 255 g/mol. The van der Waals surface area contributed by atoms with Gasteiger partial charge in [-0.2, -0.15) is 0 Å². The van der Waals surface area contributed by atoms with E-state index in [2.05, 4.69) is 43.2 Å². The summed E-state index contributed by atoms with van der Waals surface area (Å²) in [5.74, 6) is 0.919. The van der Waals surface area contributed by atoms with E-state index in [-0.39, 0.29) is 6.10 Å². The number of aromatic nitrogens is 2. The highest BCUT2D eigenvalue weighted by Crippen LogP contribution is 2.40. The fourth-order valence-corrected chi connectivity index (χ4v) is 3.52. The second-order valence-electron chi connectivity index (χ2n) is 4.75. The molecular formula is C12H21N3OS. The van der Waals surface area contributed by atoms with Gasteiger partial charge in [0.25, 0.3) is 0 Å². The first-order valence-electron chi connectivity index (χ1n) is 6.32. The number of ether oxygens (including phenoxy) is 1. The van der Waals surface area contributed by atoms with Crippen LogP contribution in [0.2, 0.25) is 0 Å². The zero-order chi connectivity index (χ0) is 12.4. The van der Waals surface area contributed by atoms with Gasteiger partial charge in [0.1, 0.15) is 10.0 Å². The number of nitrogens with one attached hydrogen (secondary N) is 1. The minimum atomic E-state index is 0.250. The quantitative estimate of drug-likeness (QED) is 0.896. The molecule has 0 radical (unpaired) electrons. The van der Waals surface area contributed by atoms with Crippen molar-refractivity contribution >= 4 is 11.3 Å². The summed E-state index contributed by atoms with van der Waals surface area (Å²) in [4.78, 5) is 0. The van der Waals surface area contributed by atoms with Crippen LogP contribution in [0.1, 0.15) is 43.6 Å². The number of hydrogen-bond donors (Lipinski definition) is 1. The third-order valence-corrected chi connectivity index (χ3v) is 4.56. The maximum Gasteiger partial charge on any atom is 0.131 e. The van der Waals surface area contributed by atoms with Gasteiger partial charge in [-0.15, -0.1) is 10.2 Å². The van der Waals surface area contributed by atoms with Crippen molar-refractivity contribution in [3.63, 3.8) is 0 Å². The van der Waals surface area contributed by atoms with Crippen molar-refractivity contribution in [1.82, 2.24) is 15.5 Å². The standard InChI is InChI=1S/C12H21N3OS/c1-5-13-6-10-14-15-12(17-10)11-7(2)8(3)16-9(11)4/h7-9,11,13H,5-6H2,1-4H3. The van der Waals surface area contributed by atoms with Crippen LogP contribution in [0, 0.1) is 5.92 Å². The summed E-state index contributed by atoms with van der Waals surface area (Å²) in [7, 11) is 0. The van der Waals surface area contributed by atoms with Gasteiger partial charge >= 0.3 is 0 Å². The molecule has 1 aromatic heterocycles. The molecule has 1 saturated heterocycles. The number of hydrogen-bond acceptors (Lipinski definition) is 5. The maximum atomic E-state index is 5.85. The first-order chi connectivity index (χ1) is 8.13. The Morgan fingerprint density at radius 1 is 1.24 bits per heavy atom. The van der Waals surface area contributed by atoms with Gasteiger partial charge in [0, 0.05) is 12.5 Å². The smallest absolute Gasteiger partial charge is 0.131 e. The van der Waals surface area contributed by atoms with E-state index in [0.717, 1.165) is 23.1 Å². The molecule has 0 saturated carbocycles. The van der Waals surface area contributed by atoms with E-state index in [1.54, 1.807) is 11.3 Å². The van der Waals surface area contributed by atoms with Crippen LogP contribution in [0.4, 0.5) is 0 Å². The van der Waals surface area contributed by atoms with Gasteiger partial charge in [-0.25, -0.2) is 0 Å². The van der Waals surface area contributed by atoms with Crippen molar-refractivity contribution < 1.29 is 4.74 Å². The molecule has 96 valence electrons. The molecule has 4 atom stereocenters. The van der Waals surface area contributed by atoms with Crippen molar-refractivity contribution in [2.75, 3.05) is 6.54 Å². The Bertz CT molecular complexity index is 368. The van der Waals surface area contributed by atoms with Gasteiger partial charge in [-0.05, 0) is 26.3 Å². The van der Waals surface area contributed by atoms with Crippen molar-refractivity contribution in [2.45, 2.75) is 52.4 Å². The Morgan fingerprint density at radius 3 is 2.59 bits per heavy atom. The Kier molecular flexibility index (Phi) is 4.12. The molecule has 1 N–H and O–H groups in total. The lowest BCUT2D eigenvalue weighted by molar-refractivity contribution is 0.0556. The van der Waals surface area contributed by atoms with Gasteiger partial charge in [-0.3, -0.25) is 0 Å². The van der Waals surface area contributed by atoms with Crippen molar-refractivity contribution in [3.8, 4) is 0 Å². The predicted octanol–water partition coefficient (Wildman–Crippen LogP) is 2.17. The molecule has 0 aromatic carbocycles. The SMILES string of the molecule is CCNCc1nnc(C2C(C)OC(C)C2C)s1. The molecule has 0 spiro atoms. The minimum Gasteiger partial charge on any atom is -0.375 e. The van der Waals surface area contributed by atoms with E-state index in [0.29, 0.717) is 17.9 Å². The van der Waals surface area contributed by atoms with Crippen LogP contribution < -0.4 is 5.32 Å². The zero-order valence-corrected chi connectivity index (χ0v) is 11.8. The van der Waals surface area contributed by atoms with Crippen LogP contribution >= 0.6 is 11.3 Å². The molecule has 1 aliphatic rings. The van der Waals surface area contributed by atoms with Crippen LogP contribution in [-0.2, 0) is 11.3 Å².